The lowest BCUT2D eigenvalue weighted by Gasteiger charge is -2.35. The van der Waals surface area contributed by atoms with Crippen molar-refractivity contribution >= 4 is 11.9 Å². The molecule has 1 saturated heterocycles. The summed E-state index contributed by atoms with van der Waals surface area (Å²) in [5.41, 5.74) is -1.25. The number of aromatic nitrogens is 1. The van der Waals surface area contributed by atoms with Gasteiger partial charge in [-0.1, -0.05) is 0 Å². The third-order valence-corrected chi connectivity index (χ3v) is 4.25. The maximum Gasteiger partial charge on any atom is 0.335 e. The van der Waals surface area contributed by atoms with E-state index in [1.165, 1.54) is 0 Å². The Morgan fingerprint density at radius 3 is 2.32 bits per heavy atom. The molecule has 2 heterocycles. The molecule has 1 aromatic heterocycles. The molecular formula is C18H18N2O5. The minimum atomic E-state index is -1.74. The summed E-state index contributed by atoms with van der Waals surface area (Å²) in [4.78, 5) is 29.0. The van der Waals surface area contributed by atoms with Gasteiger partial charge in [-0.3, -0.25) is 9.78 Å². The number of hydrogen-bond acceptors (Lipinski definition) is 5. The molecule has 25 heavy (non-hydrogen) atoms. The first-order valence-corrected chi connectivity index (χ1v) is 7.91. The predicted octanol–water partition coefficient (Wildman–Crippen LogP) is 1.93. The van der Waals surface area contributed by atoms with Crippen LogP contribution in [0, 0.1) is 0 Å². The number of carbonyl (C=O) groups excluding carboxylic acids is 1. The monoisotopic (exact) mass is 342 g/mol. The average molecular weight is 342 g/mol. The number of carboxylic acids is 1. The van der Waals surface area contributed by atoms with Crippen molar-refractivity contribution in [2.75, 3.05) is 13.1 Å². The standard InChI is InChI=1S/C18H18N2O5/c21-16(20-10-7-18(24,8-11-20)17(22)23)13-3-5-14(6-4-13)25-15-2-1-9-19-12-15/h1-6,9,12,24H,7-8,10-11H2,(H,22,23). The van der Waals surface area contributed by atoms with Crippen molar-refractivity contribution in [3.63, 3.8) is 0 Å². The number of pyridine rings is 1. The molecule has 2 N–H and O–H groups in total. The van der Waals surface area contributed by atoms with E-state index in [2.05, 4.69) is 4.98 Å². The molecule has 0 atom stereocenters. The Balaban J connectivity index is 1.63. The number of carbonyl (C=O) groups is 2. The third-order valence-electron chi connectivity index (χ3n) is 4.25. The van der Waals surface area contributed by atoms with E-state index in [1.54, 1.807) is 53.7 Å². The molecule has 7 nitrogen and oxygen atoms in total. The third kappa shape index (κ3) is 3.77. The number of aliphatic hydroxyl groups is 1. The SMILES string of the molecule is O=C(c1ccc(Oc2cccnc2)cc1)N1CCC(O)(C(=O)O)CC1. The van der Waals surface area contributed by atoms with Crippen LogP contribution in [0.5, 0.6) is 11.5 Å². The van der Waals surface area contributed by atoms with Crippen LogP contribution in [0.15, 0.2) is 48.8 Å². The molecule has 7 heteroatoms. The molecule has 1 aliphatic heterocycles. The van der Waals surface area contributed by atoms with E-state index in [-0.39, 0.29) is 31.8 Å². The van der Waals surface area contributed by atoms with Gasteiger partial charge < -0.3 is 19.8 Å². The van der Waals surface area contributed by atoms with Gasteiger partial charge in [0.25, 0.3) is 5.91 Å². The maximum atomic E-state index is 12.5. The van der Waals surface area contributed by atoms with Gasteiger partial charge in [0.2, 0.25) is 0 Å². The van der Waals surface area contributed by atoms with Crippen molar-refractivity contribution in [2.24, 2.45) is 0 Å². The highest BCUT2D eigenvalue weighted by atomic mass is 16.5. The van der Waals surface area contributed by atoms with Gasteiger partial charge in [0.1, 0.15) is 11.5 Å². The molecule has 2 aromatic rings. The lowest BCUT2D eigenvalue weighted by atomic mass is 9.91. The first kappa shape index (κ1) is 16.9. The Bertz CT molecular complexity index is 753. The summed E-state index contributed by atoms with van der Waals surface area (Å²) >= 11 is 0. The molecule has 0 radical (unpaired) electrons. The molecule has 1 fully saturated rings. The van der Waals surface area contributed by atoms with Gasteiger partial charge in [-0.15, -0.1) is 0 Å². The van der Waals surface area contributed by atoms with Crippen LogP contribution in [0.1, 0.15) is 23.2 Å². The second-order valence-electron chi connectivity index (χ2n) is 5.94. The number of aliphatic carboxylic acids is 1. The summed E-state index contributed by atoms with van der Waals surface area (Å²) in [5, 5.41) is 19.0. The van der Waals surface area contributed by atoms with E-state index in [1.807, 2.05) is 0 Å². The quantitative estimate of drug-likeness (QED) is 0.881. The smallest absolute Gasteiger partial charge is 0.335 e. The van der Waals surface area contributed by atoms with Gasteiger partial charge in [-0.05, 0) is 36.4 Å². The zero-order chi connectivity index (χ0) is 17.9. The fourth-order valence-corrected chi connectivity index (χ4v) is 2.69. The minimum Gasteiger partial charge on any atom is -0.479 e. The Kier molecular flexibility index (Phi) is 4.67. The second-order valence-corrected chi connectivity index (χ2v) is 5.94. The molecule has 130 valence electrons. The van der Waals surface area contributed by atoms with Crippen molar-refractivity contribution in [1.82, 2.24) is 9.88 Å². The van der Waals surface area contributed by atoms with Crippen molar-refractivity contribution in [1.29, 1.82) is 0 Å². The number of amides is 1. The zero-order valence-corrected chi connectivity index (χ0v) is 13.5. The van der Waals surface area contributed by atoms with E-state index in [4.69, 9.17) is 9.84 Å². The maximum absolute atomic E-state index is 12.5. The van der Waals surface area contributed by atoms with Crippen molar-refractivity contribution in [3.8, 4) is 11.5 Å². The minimum absolute atomic E-state index is 0.0241. The predicted molar refractivity (Wildman–Crippen MR) is 88.5 cm³/mol. The molecule has 1 aromatic carbocycles. The molecule has 3 rings (SSSR count). The summed E-state index contributed by atoms with van der Waals surface area (Å²) < 4.78 is 5.63. The van der Waals surface area contributed by atoms with Gasteiger partial charge >= 0.3 is 5.97 Å². The Morgan fingerprint density at radius 2 is 1.76 bits per heavy atom. The van der Waals surface area contributed by atoms with Crippen LogP contribution in [0.2, 0.25) is 0 Å². The Labute approximate surface area is 144 Å². The second kappa shape index (κ2) is 6.90. The Hall–Kier alpha value is -2.93. The largest absolute Gasteiger partial charge is 0.479 e. The summed E-state index contributed by atoms with van der Waals surface area (Å²) in [6.07, 6.45) is 3.29. The van der Waals surface area contributed by atoms with Crippen LogP contribution in [-0.4, -0.2) is 50.7 Å². The molecule has 0 unspecified atom stereocenters. The molecule has 0 aliphatic carbocycles. The number of benzene rings is 1. The van der Waals surface area contributed by atoms with Gasteiger partial charge in [0, 0.05) is 37.7 Å². The van der Waals surface area contributed by atoms with Crippen LogP contribution in [0.3, 0.4) is 0 Å². The zero-order valence-electron chi connectivity index (χ0n) is 13.5. The van der Waals surface area contributed by atoms with E-state index in [0.29, 0.717) is 17.1 Å². The lowest BCUT2D eigenvalue weighted by molar-refractivity contribution is -0.162. The number of ether oxygens (including phenoxy) is 1. The van der Waals surface area contributed by atoms with Crippen LogP contribution < -0.4 is 4.74 Å². The summed E-state index contributed by atoms with van der Waals surface area (Å²) in [6, 6.07) is 10.2. The molecule has 0 bridgehead atoms. The molecular weight excluding hydrogens is 324 g/mol. The number of nitrogens with zero attached hydrogens (tertiary/aromatic N) is 2. The summed E-state index contributed by atoms with van der Waals surface area (Å²) in [5.74, 6) is -0.245. The molecule has 0 saturated carbocycles. The molecule has 0 spiro atoms. The number of carboxylic acid groups (broad SMARTS) is 1. The van der Waals surface area contributed by atoms with Crippen LogP contribution in [0.4, 0.5) is 0 Å². The van der Waals surface area contributed by atoms with E-state index in [0.717, 1.165) is 0 Å². The number of piperidine rings is 1. The fourth-order valence-electron chi connectivity index (χ4n) is 2.69. The Morgan fingerprint density at radius 1 is 1.08 bits per heavy atom. The van der Waals surface area contributed by atoms with Crippen molar-refractivity contribution < 1.29 is 24.5 Å². The first-order valence-electron chi connectivity index (χ1n) is 7.91. The van der Waals surface area contributed by atoms with E-state index >= 15 is 0 Å². The van der Waals surface area contributed by atoms with Crippen molar-refractivity contribution in [3.05, 3.63) is 54.4 Å². The highest BCUT2D eigenvalue weighted by molar-refractivity contribution is 5.94. The highest BCUT2D eigenvalue weighted by Gasteiger charge is 2.40. The fraction of sp³-hybridized carbons (Fsp3) is 0.278. The van der Waals surface area contributed by atoms with Crippen LogP contribution in [-0.2, 0) is 4.79 Å². The van der Waals surface area contributed by atoms with E-state index in [9.17, 15) is 14.7 Å². The topological polar surface area (TPSA) is 100.0 Å². The van der Waals surface area contributed by atoms with Crippen LogP contribution >= 0.6 is 0 Å². The highest BCUT2D eigenvalue weighted by Crippen LogP contribution is 2.25. The van der Waals surface area contributed by atoms with Gasteiger partial charge in [0.05, 0.1) is 6.20 Å². The lowest BCUT2D eigenvalue weighted by Crippen LogP contribution is -2.50. The van der Waals surface area contributed by atoms with Gasteiger partial charge in [0.15, 0.2) is 5.60 Å². The summed E-state index contributed by atoms with van der Waals surface area (Å²) in [7, 11) is 0. The van der Waals surface area contributed by atoms with E-state index < -0.39 is 11.6 Å². The molecule has 1 aliphatic rings. The average Bonchev–Trinajstić information content (AvgIpc) is 2.63. The normalized spacial score (nSPS) is 16.3. The van der Waals surface area contributed by atoms with Gasteiger partial charge in [-0.25, -0.2) is 4.79 Å². The first-order chi connectivity index (χ1) is 12.0. The number of rotatable bonds is 4. The van der Waals surface area contributed by atoms with Crippen LogP contribution in [0.25, 0.3) is 0 Å². The van der Waals surface area contributed by atoms with Crippen molar-refractivity contribution in [2.45, 2.75) is 18.4 Å². The molecule has 1 amide bonds. The number of hydrogen-bond donors (Lipinski definition) is 2. The van der Waals surface area contributed by atoms with Gasteiger partial charge in [-0.2, -0.15) is 0 Å². The number of likely N-dealkylation sites (tertiary alicyclic amines) is 1. The summed E-state index contributed by atoms with van der Waals surface area (Å²) in [6.45, 7) is 0.408.